The van der Waals surface area contributed by atoms with E-state index in [-0.39, 0.29) is 5.78 Å². The smallest absolute Gasteiger partial charge is 0.187 e. The lowest BCUT2D eigenvalue weighted by Crippen LogP contribution is -2.25. The number of hydrogen-bond donors (Lipinski definition) is 1. The van der Waals surface area contributed by atoms with E-state index in [0.29, 0.717) is 6.42 Å². The number of carbonyl (C=O) groups is 1. The summed E-state index contributed by atoms with van der Waals surface area (Å²) in [6, 6.07) is 0. The Hall–Kier alpha value is -0.630. The zero-order valence-electron chi connectivity index (χ0n) is 6.47. The SMILES string of the molecule is O=C1C2=C(CCC2)CCC1O. The van der Waals surface area contributed by atoms with Gasteiger partial charge >= 0.3 is 0 Å². The van der Waals surface area contributed by atoms with Crippen LogP contribution in [0, 0.1) is 0 Å². The Kier molecular flexibility index (Phi) is 1.57. The quantitative estimate of drug-likeness (QED) is 0.566. The van der Waals surface area contributed by atoms with Crippen molar-refractivity contribution in [2.45, 2.75) is 38.2 Å². The van der Waals surface area contributed by atoms with Crippen LogP contribution in [-0.4, -0.2) is 17.0 Å². The van der Waals surface area contributed by atoms with Crippen LogP contribution in [0.25, 0.3) is 0 Å². The summed E-state index contributed by atoms with van der Waals surface area (Å²) in [5.41, 5.74) is 2.27. The van der Waals surface area contributed by atoms with Gasteiger partial charge in [0, 0.05) is 0 Å². The minimum Gasteiger partial charge on any atom is -0.385 e. The molecule has 2 aliphatic rings. The van der Waals surface area contributed by atoms with Gasteiger partial charge in [0.05, 0.1) is 0 Å². The average molecular weight is 152 g/mol. The lowest BCUT2D eigenvalue weighted by Gasteiger charge is -2.17. The van der Waals surface area contributed by atoms with Crippen molar-refractivity contribution in [3.63, 3.8) is 0 Å². The summed E-state index contributed by atoms with van der Waals surface area (Å²) < 4.78 is 0. The minimum atomic E-state index is -0.688. The maximum atomic E-state index is 11.3. The predicted molar refractivity (Wildman–Crippen MR) is 41.1 cm³/mol. The molecule has 1 N–H and O–H groups in total. The zero-order chi connectivity index (χ0) is 7.84. The second kappa shape index (κ2) is 2.45. The molecule has 1 unspecified atom stereocenters. The Morgan fingerprint density at radius 2 is 2.09 bits per heavy atom. The van der Waals surface area contributed by atoms with Crippen LogP contribution in [-0.2, 0) is 4.79 Å². The Bertz CT molecular complexity index is 228. The van der Waals surface area contributed by atoms with Crippen LogP contribution >= 0.6 is 0 Å². The van der Waals surface area contributed by atoms with Gasteiger partial charge < -0.3 is 5.11 Å². The van der Waals surface area contributed by atoms with Crippen molar-refractivity contribution in [3.8, 4) is 0 Å². The number of aliphatic hydroxyl groups is 1. The van der Waals surface area contributed by atoms with Crippen molar-refractivity contribution < 1.29 is 9.90 Å². The predicted octanol–water partition coefficient (Wildman–Crippen LogP) is 1.19. The average Bonchev–Trinajstić information content (AvgIpc) is 2.45. The van der Waals surface area contributed by atoms with Crippen molar-refractivity contribution in [1.82, 2.24) is 0 Å². The Morgan fingerprint density at radius 1 is 1.27 bits per heavy atom. The highest BCUT2D eigenvalue weighted by molar-refractivity contribution is 6.00. The van der Waals surface area contributed by atoms with E-state index >= 15 is 0 Å². The lowest BCUT2D eigenvalue weighted by molar-refractivity contribution is -0.124. The van der Waals surface area contributed by atoms with E-state index in [9.17, 15) is 9.90 Å². The van der Waals surface area contributed by atoms with Crippen molar-refractivity contribution >= 4 is 5.78 Å². The molecule has 0 aromatic rings. The van der Waals surface area contributed by atoms with Crippen molar-refractivity contribution in [1.29, 1.82) is 0 Å². The highest BCUT2D eigenvalue weighted by Gasteiger charge is 2.29. The number of ketones is 1. The Labute approximate surface area is 65.9 Å². The molecule has 1 atom stereocenters. The third-order valence-electron chi connectivity index (χ3n) is 2.65. The van der Waals surface area contributed by atoms with Gasteiger partial charge in [0.1, 0.15) is 6.10 Å². The third kappa shape index (κ3) is 1.02. The highest BCUT2D eigenvalue weighted by Crippen LogP contribution is 2.34. The number of carbonyl (C=O) groups excluding carboxylic acids is 1. The minimum absolute atomic E-state index is 0.00347. The van der Waals surface area contributed by atoms with Crippen LogP contribution in [0.4, 0.5) is 0 Å². The first-order chi connectivity index (χ1) is 5.29. The van der Waals surface area contributed by atoms with Crippen molar-refractivity contribution in [3.05, 3.63) is 11.1 Å². The van der Waals surface area contributed by atoms with E-state index in [1.54, 1.807) is 0 Å². The second-order valence-electron chi connectivity index (χ2n) is 3.35. The van der Waals surface area contributed by atoms with E-state index in [2.05, 4.69) is 0 Å². The largest absolute Gasteiger partial charge is 0.385 e. The van der Waals surface area contributed by atoms with E-state index in [4.69, 9.17) is 0 Å². The lowest BCUT2D eigenvalue weighted by atomic mass is 9.91. The molecule has 0 aromatic carbocycles. The van der Waals surface area contributed by atoms with Gasteiger partial charge in [-0.15, -0.1) is 0 Å². The molecule has 0 fully saturated rings. The van der Waals surface area contributed by atoms with Gasteiger partial charge in [0.15, 0.2) is 5.78 Å². The number of rotatable bonds is 0. The van der Waals surface area contributed by atoms with Crippen LogP contribution in [0.1, 0.15) is 32.1 Å². The standard InChI is InChI=1S/C9H12O2/c10-8-5-4-6-2-1-3-7(6)9(8)11/h8,10H,1-5H2. The Balaban J connectivity index is 2.30. The van der Waals surface area contributed by atoms with Gasteiger partial charge in [-0.05, 0) is 37.7 Å². The fraction of sp³-hybridized carbons (Fsp3) is 0.667. The number of hydrogen-bond acceptors (Lipinski definition) is 2. The van der Waals surface area contributed by atoms with E-state index in [1.165, 1.54) is 5.57 Å². The summed E-state index contributed by atoms with van der Waals surface area (Å²) in [6.07, 6.45) is 4.02. The van der Waals surface area contributed by atoms with Gasteiger partial charge in [0.25, 0.3) is 0 Å². The summed E-state index contributed by atoms with van der Waals surface area (Å²) in [5.74, 6) is 0.00347. The van der Waals surface area contributed by atoms with E-state index < -0.39 is 6.10 Å². The molecule has 60 valence electrons. The summed E-state index contributed by atoms with van der Waals surface area (Å²) in [7, 11) is 0. The van der Waals surface area contributed by atoms with E-state index in [1.807, 2.05) is 0 Å². The molecule has 2 aliphatic carbocycles. The van der Waals surface area contributed by atoms with E-state index in [0.717, 1.165) is 31.3 Å². The van der Waals surface area contributed by atoms with Gasteiger partial charge in [-0.2, -0.15) is 0 Å². The molecular weight excluding hydrogens is 140 g/mol. The monoisotopic (exact) mass is 152 g/mol. The molecule has 0 saturated carbocycles. The molecule has 0 aliphatic heterocycles. The van der Waals surface area contributed by atoms with Crippen LogP contribution < -0.4 is 0 Å². The molecule has 11 heavy (non-hydrogen) atoms. The molecule has 0 bridgehead atoms. The molecule has 0 spiro atoms. The molecular formula is C9H12O2. The summed E-state index contributed by atoms with van der Waals surface area (Å²) in [6.45, 7) is 0. The topological polar surface area (TPSA) is 37.3 Å². The third-order valence-corrected chi connectivity index (χ3v) is 2.65. The van der Waals surface area contributed by atoms with Gasteiger partial charge in [-0.3, -0.25) is 4.79 Å². The van der Waals surface area contributed by atoms with Crippen LogP contribution in [0.3, 0.4) is 0 Å². The first-order valence-corrected chi connectivity index (χ1v) is 4.22. The fourth-order valence-electron chi connectivity index (χ4n) is 2.02. The van der Waals surface area contributed by atoms with Crippen molar-refractivity contribution in [2.75, 3.05) is 0 Å². The van der Waals surface area contributed by atoms with Gasteiger partial charge in [-0.25, -0.2) is 0 Å². The number of allylic oxidation sites excluding steroid dienone is 1. The summed E-state index contributed by atoms with van der Waals surface area (Å²) in [4.78, 5) is 11.3. The molecule has 0 aromatic heterocycles. The summed E-state index contributed by atoms with van der Waals surface area (Å²) in [5, 5.41) is 9.24. The molecule has 0 heterocycles. The molecule has 2 rings (SSSR count). The maximum absolute atomic E-state index is 11.3. The molecule has 2 nitrogen and oxygen atoms in total. The van der Waals surface area contributed by atoms with Gasteiger partial charge in [-0.1, -0.05) is 5.57 Å². The normalized spacial score (nSPS) is 31.0. The number of aliphatic hydroxyl groups excluding tert-OH is 1. The maximum Gasteiger partial charge on any atom is 0.187 e. The summed E-state index contributed by atoms with van der Waals surface area (Å²) >= 11 is 0. The molecule has 2 heteroatoms. The van der Waals surface area contributed by atoms with Crippen LogP contribution in [0.15, 0.2) is 11.1 Å². The number of Topliss-reactive ketones (excluding diaryl/α,β-unsaturated/α-hetero) is 1. The fourth-order valence-corrected chi connectivity index (χ4v) is 2.02. The highest BCUT2D eigenvalue weighted by atomic mass is 16.3. The van der Waals surface area contributed by atoms with Crippen LogP contribution in [0.5, 0.6) is 0 Å². The first kappa shape index (κ1) is 7.04. The molecule has 0 amide bonds. The second-order valence-corrected chi connectivity index (χ2v) is 3.35. The van der Waals surface area contributed by atoms with Crippen molar-refractivity contribution in [2.24, 2.45) is 0 Å². The Morgan fingerprint density at radius 3 is 2.91 bits per heavy atom. The molecule has 0 saturated heterocycles. The first-order valence-electron chi connectivity index (χ1n) is 4.22. The van der Waals surface area contributed by atoms with Crippen LogP contribution in [0.2, 0.25) is 0 Å². The molecule has 0 radical (unpaired) electrons. The zero-order valence-corrected chi connectivity index (χ0v) is 6.47. The van der Waals surface area contributed by atoms with Gasteiger partial charge in [0.2, 0.25) is 0 Å².